The van der Waals surface area contributed by atoms with Gasteiger partial charge in [-0.2, -0.15) is 22.0 Å². The second-order valence-electron chi connectivity index (χ2n) is 3.86. The molecule has 0 spiro atoms. The van der Waals surface area contributed by atoms with Crippen molar-refractivity contribution in [2.45, 2.75) is 12.1 Å². The zero-order valence-electron chi connectivity index (χ0n) is 9.26. The highest BCUT2D eigenvalue weighted by Gasteiger charge is 2.59. The Morgan fingerprint density at radius 3 is 2.00 bits per heavy atom. The average molecular weight is 296 g/mol. The molecule has 2 rings (SSSR count). The van der Waals surface area contributed by atoms with E-state index < -0.39 is 17.7 Å². The van der Waals surface area contributed by atoms with Crippen LogP contribution in [0, 0.1) is 0 Å². The third kappa shape index (κ3) is 2.58. The number of rotatable bonds is 2. The summed E-state index contributed by atoms with van der Waals surface area (Å²) < 4.78 is 64.0. The van der Waals surface area contributed by atoms with Crippen LogP contribution in [0.25, 0.3) is 5.69 Å². The summed E-state index contributed by atoms with van der Waals surface area (Å²) >= 11 is 5.66. The quantitative estimate of drug-likeness (QED) is 0.702. The summed E-state index contributed by atoms with van der Waals surface area (Å²) in [5.41, 5.74) is -0.663. The Bertz CT molecular complexity index is 571. The van der Waals surface area contributed by atoms with Gasteiger partial charge in [0.15, 0.2) is 0 Å². The van der Waals surface area contributed by atoms with E-state index in [1.165, 1.54) is 28.8 Å². The lowest BCUT2D eigenvalue weighted by Gasteiger charge is -2.18. The molecular formula is C12H7ClF5N. The van der Waals surface area contributed by atoms with E-state index >= 15 is 0 Å². The summed E-state index contributed by atoms with van der Waals surface area (Å²) in [6, 6.07) is 6.79. The minimum atomic E-state index is -5.61. The molecule has 1 aromatic carbocycles. The van der Waals surface area contributed by atoms with Crippen LogP contribution in [0.15, 0.2) is 42.7 Å². The predicted octanol–water partition coefficient (Wildman–Crippen LogP) is 4.78. The molecule has 0 atom stereocenters. The van der Waals surface area contributed by atoms with Gasteiger partial charge < -0.3 is 4.57 Å². The van der Waals surface area contributed by atoms with Crippen molar-refractivity contribution in [1.82, 2.24) is 4.57 Å². The molecule has 0 unspecified atom stereocenters. The van der Waals surface area contributed by atoms with Gasteiger partial charge in [0.1, 0.15) is 0 Å². The Labute approximate surface area is 110 Å². The molecule has 0 aliphatic heterocycles. The van der Waals surface area contributed by atoms with Crippen molar-refractivity contribution in [2.24, 2.45) is 0 Å². The molecule has 0 radical (unpaired) electrons. The third-order valence-electron chi connectivity index (χ3n) is 2.54. The van der Waals surface area contributed by atoms with Crippen LogP contribution in [-0.2, 0) is 5.92 Å². The van der Waals surface area contributed by atoms with Crippen LogP contribution >= 0.6 is 11.6 Å². The molecule has 102 valence electrons. The topological polar surface area (TPSA) is 4.93 Å². The molecule has 0 saturated heterocycles. The highest BCUT2D eigenvalue weighted by molar-refractivity contribution is 6.30. The van der Waals surface area contributed by atoms with E-state index in [1.54, 1.807) is 0 Å². The molecule has 7 heteroatoms. The first kappa shape index (κ1) is 13.9. The average Bonchev–Trinajstić information content (AvgIpc) is 2.78. The van der Waals surface area contributed by atoms with Crippen molar-refractivity contribution in [3.8, 4) is 5.69 Å². The molecule has 1 nitrogen and oxygen atoms in total. The zero-order valence-corrected chi connectivity index (χ0v) is 10.0. The molecule has 0 fully saturated rings. The van der Waals surface area contributed by atoms with Gasteiger partial charge in [-0.25, -0.2) is 0 Å². The number of alkyl halides is 5. The number of halogens is 6. The van der Waals surface area contributed by atoms with Crippen LogP contribution in [0.4, 0.5) is 22.0 Å². The summed E-state index contributed by atoms with van der Waals surface area (Å²) in [5, 5.41) is 0.441. The van der Waals surface area contributed by atoms with Gasteiger partial charge in [-0.05, 0) is 30.3 Å². The summed E-state index contributed by atoms with van der Waals surface area (Å²) in [7, 11) is 0. The van der Waals surface area contributed by atoms with Crippen molar-refractivity contribution in [2.75, 3.05) is 0 Å². The van der Waals surface area contributed by atoms with E-state index in [9.17, 15) is 22.0 Å². The Hall–Kier alpha value is -1.56. The van der Waals surface area contributed by atoms with Crippen LogP contribution in [0.3, 0.4) is 0 Å². The van der Waals surface area contributed by atoms with E-state index in [0.717, 1.165) is 18.5 Å². The van der Waals surface area contributed by atoms with E-state index in [4.69, 9.17) is 11.6 Å². The SMILES string of the molecule is FC(F)(F)C(F)(F)c1ccn(-c2ccc(Cl)cc2)c1. The lowest BCUT2D eigenvalue weighted by Crippen LogP contribution is -2.33. The largest absolute Gasteiger partial charge is 0.458 e. The van der Waals surface area contributed by atoms with Gasteiger partial charge in [-0.1, -0.05) is 11.6 Å². The Kier molecular flexibility index (Phi) is 3.30. The van der Waals surface area contributed by atoms with Crippen LogP contribution < -0.4 is 0 Å². The zero-order chi connectivity index (χ0) is 14.3. The first-order chi connectivity index (χ1) is 8.72. The number of nitrogens with zero attached hydrogens (tertiary/aromatic N) is 1. The van der Waals surface area contributed by atoms with Gasteiger partial charge in [-0.3, -0.25) is 0 Å². The molecule has 1 heterocycles. The summed E-state index contributed by atoms with van der Waals surface area (Å²) in [6.45, 7) is 0. The van der Waals surface area contributed by atoms with Gasteiger partial charge in [0.25, 0.3) is 0 Å². The van der Waals surface area contributed by atoms with Crippen LogP contribution in [0.5, 0.6) is 0 Å². The fraction of sp³-hybridized carbons (Fsp3) is 0.167. The second kappa shape index (κ2) is 4.52. The van der Waals surface area contributed by atoms with E-state index in [0.29, 0.717) is 10.7 Å². The maximum atomic E-state index is 13.1. The molecule has 0 amide bonds. The fourth-order valence-corrected chi connectivity index (χ4v) is 1.65. The number of aromatic nitrogens is 1. The molecule has 0 N–H and O–H groups in total. The Balaban J connectivity index is 2.37. The van der Waals surface area contributed by atoms with Crippen molar-refractivity contribution < 1.29 is 22.0 Å². The van der Waals surface area contributed by atoms with Crippen LogP contribution in [-0.4, -0.2) is 10.7 Å². The minimum absolute atomic E-state index is 0.439. The molecular weight excluding hydrogens is 289 g/mol. The van der Waals surface area contributed by atoms with Crippen molar-refractivity contribution in [3.05, 3.63) is 53.3 Å². The van der Waals surface area contributed by atoms with Gasteiger partial charge >= 0.3 is 12.1 Å². The fourth-order valence-electron chi connectivity index (χ4n) is 1.52. The highest BCUT2D eigenvalue weighted by atomic mass is 35.5. The first-order valence-corrected chi connectivity index (χ1v) is 5.48. The summed E-state index contributed by atoms with van der Waals surface area (Å²) in [5.74, 6) is -4.87. The van der Waals surface area contributed by atoms with Crippen molar-refractivity contribution in [1.29, 1.82) is 0 Å². The number of hydrogen-bond donors (Lipinski definition) is 0. The smallest absolute Gasteiger partial charge is 0.323 e. The second-order valence-corrected chi connectivity index (χ2v) is 4.29. The molecule has 19 heavy (non-hydrogen) atoms. The molecule has 1 aromatic heterocycles. The lowest BCUT2D eigenvalue weighted by molar-refractivity contribution is -0.289. The summed E-state index contributed by atoms with van der Waals surface area (Å²) in [4.78, 5) is 0. The lowest BCUT2D eigenvalue weighted by atomic mass is 10.2. The van der Waals surface area contributed by atoms with Crippen molar-refractivity contribution in [3.63, 3.8) is 0 Å². The maximum absolute atomic E-state index is 13.1. The van der Waals surface area contributed by atoms with E-state index in [1.807, 2.05) is 0 Å². The van der Waals surface area contributed by atoms with Crippen molar-refractivity contribution >= 4 is 11.6 Å². The van der Waals surface area contributed by atoms with E-state index in [2.05, 4.69) is 0 Å². The molecule has 0 saturated carbocycles. The number of hydrogen-bond acceptors (Lipinski definition) is 0. The normalized spacial score (nSPS) is 12.7. The number of benzene rings is 1. The van der Waals surface area contributed by atoms with Gasteiger partial charge in [-0.15, -0.1) is 0 Å². The predicted molar refractivity (Wildman–Crippen MR) is 60.7 cm³/mol. The Morgan fingerprint density at radius 2 is 1.47 bits per heavy atom. The van der Waals surface area contributed by atoms with Crippen LogP contribution in [0.2, 0.25) is 5.02 Å². The maximum Gasteiger partial charge on any atom is 0.458 e. The monoisotopic (exact) mass is 295 g/mol. The van der Waals surface area contributed by atoms with Gasteiger partial charge in [0.2, 0.25) is 0 Å². The highest BCUT2D eigenvalue weighted by Crippen LogP contribution is 2.44. The van der Waals surface area contributed by atoms with Gasteiger partial charge in [0.05, 0.1) is 0 Å². The standard InChI is InChI=1S/C12H7ClF5N/c13-9-1-3-10(4-2-9)19-6-5-8(7-19)11(14,15)12(16,17)18/h1-7H. The van der Waals surface area contributed by atoms with Gasteiger partial charge in [0, 0.05) is 28.7 Å². The Morgan fingerprint density at radius 1 is 0.895 bits per heavy atom. The van der Waals surface area contributed by atoms with Crippen LogP contribution in [0.1, 0.15) is 5.56 Å². The molecule has 0 bridgehead atoms. The molecule has 0 aliphatic rings. The molecule has 2 aromatic rings. The summed E-state index contributed by atoms with van der Waals surface area (Å²) in [6.07, 6.45) is -3.73. The third-order valence-corrected chi connectivity index (χ3v) is 2.79. The minimum Gasteiger partial charge on any atom is -0.323 e. The van der Waals surface area contributed by atoms with E-state index in [-0.39, 0.29) is 0 Å². The first-order valence-electron chi connectivity index (χ1n) is 5.11. The molecule has 0 aliphatic carbocycles.